The quantitative estimate of drug-likeness (QED) is 0.799. The molecule has 0 aromatic heterocycles. The van der Waals surface area contributed by atoms with Crippen LogP contribution in [0.3, 0.4) is 0 Å². The minimum absolute atomic E-state index is 0.510. The molecule has 0 saturated heterocycles. The van der Waals surface area contributed by atoms with Gasteiger partial charge in [0, 0.05) is 33.4 Å². The maximum absolute atomic E-state index is 6.24. The highest BCUT2D eigenvalue weighted by atomic mass is 35.5. The van der Waals surface area contributed by atoms with E-state index in [1.807, 2.05) is 6.07 Å². The topological polar surface area (TPSA) is 30.5 Å². The Morgan fingerprint density at radius 3 is 2.00 bits per heavy atom. The van der Waals surface area contributed by atoms with Crippen LogP contribution in [-0.2, 0) is 6.54 Å². The van der Waals surface area contributed by atoms with Gasteiger partial charge in [0.15, 0.2) is 11.5 Å². The van der Waals surface area contributed by atoms with Crippen LogP contribution < -0.4 is 14.8 Å². The molecule has 0 heterocycles. The predicted octanol–water partition coefficient (Wildman–Crippen LogP) is 5.28. The highest BCUT2D eigenvalue weighted by Crippen LogP contribution is 2.33. The Hall–Kier alpha value is -1.29. The van der Waals surface area contributed by atoms with Crippen molar-refractivity contribution in [1.82, 2.24) is 0 Å². The number of halogens is 3. The first-order valence-electron chi connectivity index (χ1n) is 6.14. The van der Waals surface area contributed by atoms with E-state index in [-0.39, 0.29) is 0 Å². The highest BCUT2D eigenvalue weighted by molar-refractivity contribution is 6.35. The number of benzene rings is 2. The minimum Gasteiger partial charge on any atom is -0.493 e. The maximum Gasteiger partial charge on any atom is 0.162 e. The van der Waals surface area contributed by atoms with Crippen molar-refractivity contribution >= 4 is 40.5 Å². The van der Waals surface area contributed by atoms with Gasteiger partial charge in [0.2, 0.25) is 0 Å². The Bertz CT molecular complexity index is 627. The summed E-state index contributed by atoms with van der Waals surface area (Å²) in [6, 6.07) is 8.82. The number of hydrogen-bond acceptors (Lipinski definition) is 3. The van der Waals surface area contributed by atoms with Gasteiger partial charge in [-0.3, -0.25) is 0 Å². The molecule has 0 radical (unpaired) electrons. The second kappa shape index (κ2) is 7.12. The van der Waals surface area contributed by atoms with E-state index in [0.29, 0.717) is 33.1 Å². The van der Waals surface area contributed by atoms with E-state index in [0.717, 1.165) is 11.3 Å². The summed E-state index contributed by atoms with van der Waals surface area (Å²) < 4.78 is 10.5. The second-order valence-corrected chi connectivity index (χ2v) is 5.59. The summed E-state index contributed by atoms with van der Waals surface area (Å²) in [7, 11) is 3.15. The van der Waals surface area contributed by atoms with E-state index in [4.69, 9.17) is 44.3 Å². The number of nitrogens with one attached hydrogen (secondary N) is 1. The van der Waals surface area contributed by atoms with Gasteiger partial charge in [-0.15, -0.1) is 0 Å². The van der Waals surface area contributed by atoms with Crippen molar-refractivity contribution in [2.24, 2.45) is 0 Å². The fourth-order valence-electron chi connectivity index (χ4n) is 1.88. The third kappa shape index (κ3) is 4.10. The molecule has 0 atom stereocenters. The lowest BCUT2D eigenvalue weighted by atomic mass is 10.2. The third-order valence-electron chi connectivity index (χ3n) is 2.90. The summed E-state index contributed by atoms with van der Waals surface area (Å²) >= 11 is 18.2. The molecule has 2 aromatic rings. The van der Waals surface area contributed by atoms with Crippen LogP contribution in [0.5, 0.6) is 11.5 Å². The molecule has 0 aliphatic heterocycles. The van der Waals surface area contributed by atoms with E-state index < -0.39 is 0 Å². The molecule has 0 aliphatic carbocycles. The minimum atomic E-state index is 0.510. The molecule has 2 aromatic carbocycles. The first-order valence-corrected chi connectivity index (χ1v) is 7.27. The van der Waals surface area contributed by atoms with Crippen molar-refractivity contribution < 1.29 is 9.47 Å². The summed E-state index contributed by atoms with van der Waals surface area (Å²) in [6.45, 7) is 0.510. The SMILES string of the molecule is COc1cc(Cl)c(CNc2cc(Cl)cc(Cl)c2)cc1OC. The molecule has 0 aliphatic rings. The molecule has 6 heteroatoms. The summed E-state index contributed by atoms with van der Waals surface area (Å²) in [4.78, 5) is 0. The van der Waals surface area contributed by atoms with Gasteiger partial charge in [0.05, 0.1) is 14.2 Å². The van der Waals surface area contributed by atoms with Crippen molar-refractivity contribution in [3.63, 3.8) is 0 Å². The van der Waals surface area contributed by atoms with Gasteiger partial charge >= 0.3 is 0 Å². The van der Waals surface area contributed by atoms with Gasteiger partial charge in [0.25, 0.3) is 0 Å². The molecule has 0 saturated carbocycles. The van der Waals surface area contributed by atoms with E-state index in [9.17, 15) is 0 Å². The Morgan fingerprint density at radius 2 is 1.43 bits per heavy atom. The smallest absolute Gasteiger partial charge is 0.162 e. The lowest BCUT2D eigenvalue weighted by Gasteiger charge is -2.13. The van der Waals surface area contributed by atoms with Gasteiger partial charge in [-0.05, 0) is 29.8 Å². The van der Waals surface area contributed by atoms with Crippen molar-refractivity contribution in [2.45, 2.75) is 6.54 Å². The summed E-state index contributed by atoms with van der Waals surface area (Å²) in [6.07, 6.45) is 0. The third-order valence-corrected chi connectivity index (χ3v) is 3.69. The normalized spacial score (nSPS) is 10.3. The first kappa shape index (κ1) is 16.1. The van der Waals surface area contributed by atoms with Crippen LogP contribution in [0.1, 0.15) is 5.56 Å². The second-order valence-electron chi connectivity index (χ2n) is 4.31. The average Bonchev–Trinajstić information content (AvgIpc) is 2.44. The van der Waals surface area contributed by atoms with Crippen molar-refractivity contribution in [1.29, 1.82) is 0 Å². The molecule has 0 unspecified atom stereocenters. The van der Waals surface area contributed by atoms with E-state index in [2.05, 4.69) is 5.32 Å². The van der Waals surface area contributed by atoms with Crippen LogP contribution in [0.4, 0.5) is 5.69 Å². The lowest BCUT2D eigenvalue weighted by molar-refractivity contribution is 0.354. The predicted molar refractivity (Wildman–Crippen MR) is 88.3 cm³/mol. The number of ether oxygens (including phenoxy) is 2. The molecule has 1 N–H and O–H groups in total. The molecule has 0 spiro atoms. The maximum atomic E-state index is 6.24. The van der Waals surface area contributed by atoms with Crippen molar-refractivity contribution in [3.8, 4) is 11.5 Å². The van der Waals surface area contributed by atoms with Gasteiger partial charge in [-0.2, -0.15) is 0 Å². The zero-order chi connectivity index (χ0) is 15.4. The van der Waals surface area contributed by atoms with Crippen LogP contribution >= 0.6 is 34.8 Å². The van der Waals surface area contributed by atoms with E-state index >= 15 is 0 Å². The van der Waals surface area contributed by atoms with Crippen molar-refractivity contribution in [2.75, 3.05) is 19.5 Å². The zero-order valence-corrected chi connectivity index (χ0v) is 13.8. The van der Waals surface area contributed by atoms with Gasteiger partial charge in [-0.25, -0.2) is 0 Å². The Morgan fingerprint density at radius 1 is 0.857 bits per heavy atom. The molecular formula is C15H14Cl3NO2. The van der Waals surface area contributed by atoms with Crippen LogP contribution in [0.2, 0.25) is 15.1 Å². The molecular weight excluding hydrogens is 333 g/mol. The van der Waals surface area contributed by atoms with Crippen molar-refractivity contribution in [3.05, 3.63) is 51.0 Å². The van der Waals surface area contributed by atoms with Gasteiger partial charge < -0.3 is 14.8 Å². The van der Waals surface area contributed by atoms with Gasteiger partial charge in [0.1, 0.15) is 0 Å². The number of anilines is 1. The summed E-state index contributed by atoms with van der Waals surface area (Å²) in [5, 5.41) is 4.96. The Balaban J connectivity index is 2.19. The van der Waals surface area contributed by atoms with E-state index in [1.54, 1.807) is 38.5 Å². The highest BCUT2D eigenvalue weighted by Gasteiger charge is 2.10. The Labute approximate surface area is 138 Å². The zero-order valence-electron chi connectivity index (χ0n) is 11.5. The van der Waals surface area contributed by atoms with E-state index in [1.165, 1.54) is 0 Å². The Kier molecular flexibility index (Phi) is 5.45. The standard InChI is InChI=1S/C15H14Cl3NO2/c1-20-14-3-9(13(18)7-15(14)21-2)8-19-12-5-10(16)4-11(17)6-12/h3-7,19H,8H2,1-2H3. The molecule has 0 bridgehead atoms. The first-order chi connectivity index (χ1) is 10.0. The van der Waals surface area contributed by atoms with Crippen LogP contribution in [0.15, 0.2) is 30.3 Å². The summed E-state index contributed by atoms with van der Waals surface area (Å²) in [5.41, 5.74) is 1.70. The molecule has 3 nitrogen and oxygen atoms in total. The molecule has 0 amide bonds. The van der Waals surface area contributed by atoms with Gasteiger partial charge in [-0.1, -0.05) is 34.8 Å². The number of hydrogen-bond donors (Lipinski definition) is 1. The van der Waals surface area contributed by atoms with Crippen LogP contribution in [0.25, 0.3) is 0 Å². The monoisotopic (exact) mass is 345 g/mol. The lowest BCUT2D eigenvalue weighted by Crippen LogP contribution is -2.01. The molecule has 112 valence electrons. The number of methoxy groups -OCH3 is 2. The average molecular weight is 347 g/mol. The largest absolute Gasteiger partial charge is 0.493 e. The molecule has 21 heavy (non-hydrogen) atoms. The molecule has 0 fully saturated rings. The number of rotatable bonds is 5. The van der Waals surface area contributed by atoms with Crippen LogP contribution in [0, 0.1) is 0 Å². The fourth-order valence-corrected chi connectivity index (χ4v) is 2.63. The van der Waals surface area contributed by atoms with Crippen LogP contribution in [-0.4, -0.2) is 14.2 Å². The summed E-state index contributed by atoms with van der Waals surface area (Å²) in [5.74, 6) is 1.22. The fraction of sp³-hybridized carbons (Fsp3) is 0.200. The molecule has 2 rings (SSSR count).